The van der Waals surface area contributed by atoms with Crippen molar-refractivity contribution in [1.82, 2.24) is 10.2 Å². The van der Waals surface area contributed by atoms with Crippen LogP contribution < -0.4 is 20.5 Å². The highest BCUT2D eigenvalue weighted by Gasteiger charge is 2.47. The molecule has 1 aliphatic rings. The first-order valence-electron chi connectivity index (χ1n) is 13.1. The minimum Gasteiger partial charge on any atom is -0.493 e. The fourth-order valence-electron chi connectivity index (χ4n) is 4.72. The molecule has 2 amide bonds. The van der Waals surface area contributed by atoms with Gasteiger partial charge in [0.2, 0.25) is 11.8 Å². The molecule has 0 bridgehead atoms. The van der Waals surface area contributed by atoms with Crippen molar-refractivity contribution >= 4 is 11.8 Å². The predicted octanol–water partition coefficient (Wildman–Crippen LogP) is 4.29. The van der Waals surface area contributed by atoms with Crippen LogP contribution in [0.4, 0.5) is 0 Å². The van der Waals surface area contributed by atoms with Crippen LogP contribution in [0.5, 0.6) is 11.5 Å². The molecule has 0 radical (unpaired) electrons. The summed E-state index contributed by atoms with van der Waals surface area (Å²) in [5.41, 5.74) is 6.14. The Kier molecular flexibility index (Phi) is 9.76. The predicted molar refractivity (Wildman–Crippen MR) is 142 cm³/mol. The number of carbonyl (C=O) groups is 2. The van der Waals surface area contributed by atoms with E-state index in [9.17, 15) is 9.59 Å². The Bertz CT molecular complexity index is 995. The molecule has 1 saturated heterocycles. The quantitative estimate of drug-likeness (QED) is 0.429. The molecule has 196 valence electrons. The van der Waals surface area contributed by atoms with E-state index in [0.29, 0.717) is 32.4 Å². The van der Waals surface area contributed by atoms with E-state index < -0.39 is 17.8 Å². The van der Waals surface area contributed by atoms with Gasteiger partial charge in [0, 0.05) is 19.4 Å². The molecular weight excluding hydrogens is 454 g/mol. The number of rotatable bonds is 12. The molecule has 2 aromatic carbocycles. The van der Waals surface area contributed by atoms with Crippen molar-refractivity contribution < 1.29 is 19.1 Å². The molecule has 3 rings (SSSR count). The van der Waals surface area contributed by atoms with Gasteiger partial charge in [0.15, 0.2) is 5.72 Å². The van der Waals surface area contributed by atoms with Crippen LogP contribution in [0.3, 0.4) is 0 Å². The number of nitrogens with one attached hydrogen (secondary N) is 1. The van der Waals surface area contributed by atoms with E-state index in [-0.39, 0.29) is 17.7 Å². The summed E-state index contributed by atoms with van der Waals surface area (Å²) in [6.45, 7) is 8.68. The normalized spacial score (nSPS) is 19.1. The SMILES string of the molecule is CCc1ccccc1OCCC[C@@]1(Oc2ccccc2)CCCN1C(=O)[C@@H](NC(=O)[C@H](C)N)C(C)C. The minimum absolute atomic E-state index is 0.0934. The number of hydrogen-bond donors (Lipinski definition) is 2. The van der Waals surface area contributed by atoms with Crippen LogP contribution in [0.2, 0.25) is 0 Å². The van der Waals surface area contributed by atoms with Gasteiger partial charge in [-0.2, -0.15) is 0 Å². The fourth-order valence-corrected chi connectivity index (χ4v) is 4.72. The lowest BCUT2D eigenvalue weighted by Gasteiger charge is -2.41. The zero-order valence-electron chi connectivity index (χ0n) is 22.0. The van der Waals surface area contributed by atoms with Crippen molar-refractivity contribution in [2.45, 2.75) is 77.6 Å². The Morgan fingerprint density at radius 2 is 1.78 bits per heavy atom. The van der Waals surface area contributed by atoms with E-state index in [1.54, 1.807) is 6.92 Å². The number of nitrogens with two attached hydrogens (primary N) is 1. The van der Waals surface area contributed by atoms with Crippen LogP contribution in [0.15, 0.2) is 54.6 Å². The summed E-state index contributed by atoms with van der Waals surface area (Å²) in [7, 11) is 0. The van der Waals surface area contributed by atoms with Gasteiger partial charge >= 0.3 is 0 Å². The summed E-state index contributed by atoms with van der Waals surface area (Å²) >= 11 is 0. The zero-order chi connectivity index (χ0) is 26.1. The van der Waals surface area contributed by atoms with E-state index >= 15 is 0 Å². The van der Waals surface area contributed by atoms with Gasteiger partial charge in [-0.25, -0.2) is 0 Å². The largest absolute Gasteiger partial charge is 0.493 e. The highest BCUT2D eigenvalue weighted by molar-refractivity contribution is 5.90. The maximum Gasteiger partial charge on any atom is 0.248 e. The maximum absolute atomic E-state index is 13.8. The number of carbonyl (C=O) groups excluding carboxylic acids is 2. The third-order valence-electron chi connectivity index (χ3n) is 6.72. The first-order valence-corrected chi connectivity index (χ1v) is 13.1. The number of likely N-dealkylation sites (tertiary alicyclic amines) is 1. The molecule has 0 aromatic heterocycles. The summed E-state index contributed by atoms with van der Waals surface area (Å²) < 4.78 is 12.7. The number of hydrogen-bond acceptors (Lipinski definition) is 5. The van der Waals surface area contributed by atoms with Crippen molar-refractivity contribution in [2.75, 3.05) is 13.2 Å². The number of ether oxygens (including phenoxy) is 2. The first-order chi connectivity index (χ1) is 17.3. The number of para-hydroxylation sites is 2. The molecule has 1 heterocycles. The summed E-state index contributed by atoms with van der Waals surface area (Å²) in [5, 5.41) is 2.86. The number of nitrogens with zero attached hydrogens (tertiary/aromatic N) is 1. The third-order valence-corrected chi connectivity index (χ3v) is 6.72. The summed E-state index contributed by atoms with van der Waals surface area (Å²) in [6, 6.07) is 16.3. The molecule has 0 spiro atoms. The van der Waals surface area contributed by atoms with Crippen LogP contribution in [-0.4, -0.2) is 47.7 Å². The van der Waals surface area contributed by atoms with Crippen molar-refractivity contribution in [3.05, 3.63) is 60.2 Å². The molecule has 7 heteroatoms. The molecule has 1 aliphatic heterocycles. The summed E-state index contributed by atoms with van der Waals surface area (Å²) in [6.07, 6.45) is 3.78. The lowest BCUT2D eigenvalue weighted by atomic mass is 9.99. The van der Waals surface area contributed by atoms with Gasteiger partial charge in [-0.05, 0) is 55.9 Å². The molecule has 36 heavy (non-hydrogen) atoms. The molecule has 7 nitrogen and oxygen atoms in total. The Hall–Kier alpha value is -3.06. The van der Waals surface area contributed by atoms with Crippen LogP contribution in [0.1, 0.15) is 58.9 Å². The molecule has 0 aliphatic carbocycles. The van der Waals surface area contributed by atoms with Crippen molar-refractivity contribution in [3.8, 4) is 11.5 Å². The lowest BCUT2D eigenvalue weighted by molar-refractivity contribution is -0.154. The average Bonchev–Trinajstić information content (AvgIpc) is 3.28. The van der Waals surface area contributed by atoms with Gasteiger partial charge in [-0.15, -0.1) is 0 Å². The van der Waals surface area contributed by atoms with Crippen LogP contribution in [0, 0.1) is 5.92 Å². The Morgan fingerprint density at radius 3 is 2.44 bits per heavy atom. The van der Waals surface area contributed by atoms with Crippen LogP contribution >= 0.6 is 0 Å². The Labute approximate surface area is 215 Å². The van der Waals surface area contributed by atoms with Gasteiger partial charge in [0.05, 0.1) is 12.6 Å². The van der Waals surface area contributed by atoms with Gasteiger partial charge < -0.3 is 25.4 Å². The van der Waals surface area contributed by atoms with E-state index in [2.05, 4.69) is 18.3 Å². The molecule has 3 N–H and O–H groups in total. The molecule has 0 saturated carbocycles. The molecule has 3 atom stereocenters. The Balaban J connectivity index is 1.80. The monoisotopic (exact) mass is 495 g/mol. The molecule has 1 fully saturated rings. The van der Waals surface area contributed by atoms with Gasteiger partial charge in [0.25, 0.3) is 0 Å². The van der Waals surface area contributed by atoms with Crippen molar-refractivity contribution in [1.29, 1.82) is 0 Å². The summed E-state index contributed by atoms with van der Waals surface area (Å²) in [5.74, 6) is 1.05. The number of aryl methyl sites for hydroxylation is 1. The highest BCUT2D eigenvalue weighted by atomic mass is 16.5. The van der Waals surface area contributed by atoms with Crippen molar-refractivity contribution in [2.24, 2.45) is 11.7 Å². The molecular formula is C29H41N3O4. The second kappa shape index (κ2) is 12.8. The highest BCUT2D eigenvalue weighted by Crippen LogP contribution is 2.37. The third kappa shape index (κ3) is 6.78. The minimum atomic E-state index is -0.807. The standard InChI is InChI=1S/C29H41N3O4/c1-5-23-13-9-10-16-25(23)35-20-12-18-29(36-24-14-7-6-8-15-24)17-11-19-32(29)28(34)26(21(2)3)31-27(33)22(4)30/h6-10,13-16,21-22,26H,5,11-12,17-20,30H2,1-4H3,(H,31,33)/t22-,26-,29-/m0/s1. The van der Waals surface area contributed by atoms with Gasteiger partial charge in [-0.1, -0.05) is 57.2 Å². The number of amides is 2. The van der Waals surface area contributed by atoms with E-state index in [0.717, 1.165) is 24.3 Å². The second-order valence-electron chi connectivity index (χ2n) is 9.89. The fraction of sp³-hybridized carbons (Fsp3) is 0.517. The van der Waals surface area contributed by atoms with E-state index in [1.165, 1.54) is 5.56 Å². The first kappa shape index (κ1) is 27.5. The maximum atomic E-state index is 13.8. The number of benzene rings is 2. The van der Waals surface area contributed by atoms with Crippen LogP contribution in [0.25, 0.3) is 0 Å². The smallest absolute Gasteiger partial charge is 0.248 e. The van der Waals surface area contributed by atoms with E-state index in [4.69, 9.17) is 15.2 Å². The molecule has 0 unspecified atom stereocenters. The van der Waals surface area contributed by atoms with Gasteiger partial charge in [0.1, 0.15) is 17.5 Å². The second-order valence-corrected chi connectivity index (χ2v) is 9.89. The lowest BCUT2D eigenvalue weighted by Crippen LogP contribution is -2.60. The van der Waals surface area contributed by atoms with Gasteiger partial charge in [-0.3, -0.25) is 9.59 Å². The summed E-state index contributed by atoms with van der Waals surface area (Å²) in [4.78, 5) is 28.0. The zero-order valence-corrected chi connectivity index (χ0v) is 22.0. The topological polar surface area (TPSA) is 93.9 Å². The van der Waals surface area contributed by atoms with Crippen LogP contribution in [-0.2, 0) is 16.0 Å². The van der Waals surface area contributed by atoms with E-state index in [1.807, 2.05) is 67.3 Å². The Morgan fingerprint density at radius 1 is 1.08 bits per heavy atom. The molecule has 2 aromatic rings. The van der Waals surface area contributed by atoms with Crippen molar-refractivity contribution in [3.63, 3.8) is 0 Å². The average molecular weight is 496 g/mol.